The predicted molar refractivity (Wildman–Crippen MR) is 81.3 cm³/mol. The number of ether oxygens (including phenoxy) is 2. The standard InChI is InChI=1S/C17H24O4/c1-4-5-6-11-20-16(18)9-10-17(19)21-15-8-7-13(2)14(3)12-15/h7-8,12H,4-6,9-11H2,1-3H3. The summed E-state index contributed by atoms with van der Waals surface area (Å²) in [6.07, 6.45) is 3.10. The fourth-order valence-electron chi connectivity index (χ4n) is 1.77. The largest absolute Gasteiger partial charge is 0.466 e. The molecule has 0 atom stereocenters. The van der Waals surface area contributed by atoms with Gasteiger partial charge in [-0.3, -0.25) is 9.59 Å². The molecule has 0 saturated carbocycles. The van der Waals surface area contributed by atoms with Crippen LogP contribution < -0.4 is 4.74 Å². The van der Waals surface area contributed by atoms with Crippen LogP contribution in [0.15, 0.2) is 18.2 Å². The Morgan fingerprint density at radius 1 is 1.00 bits per heavy atom. The van der Waals surface area contributed by atoms with E-state index in [1.165, 1.54) is 0 Å². The van der Waals surface area contributed by atoms with Gasteiger partial charge in [0, 0.05) is 0 Å². The van der Waals surface area contributed by atoms with Gasteiger partial charge in [0.2, 0.25) is 0 Å². The van der Waals surface area contributed by atoms with E-state index in [1.54, 1.807) is 6.07 Å². The first-order valence-corrected chi connectivity index (χ1v) is 7.46. The van der Waals surface area contributed by atoms with Crippen LogP contribution in [0.4, 0.5) is 0 Å². The Hall–Kier alpha value is -1.84. The van der Waals surface area contributed by atoms with Crippen molar-refractivity contribution in [2.24, 2.45) is 0 Å². The van der Waals surface area contributed by atoms with Crippen LogP contribution in [0.25, 0.3) is 0 Å². The second-order valence-corrected chi connectivity index (χ2v) is 5.15. The Kier molecular flexibility index (Phi) is 7.51. The van der Waals surface area contributed by atoms with E-state index in [4.69, 9.17) is 9.47 Å². The summed E-state index contributed by atoms with van der Waals surface area (Å²) >= 11 is 0. The zero-order valence-electron chi connectivity index (χ0n) is 13.1. The van der Waals surface area contributed by atoms with E-state index in [-0.39, 0.29) is 18.8 Å². The van der Waals surface area contributed by atoms with Crippen molar-refractivity contribution in [2.75, 3.05) is 6.61 Å². The van der Waals surface area contributed by atoms with E-state index in [0.29, 0.717) is 12.4 Å². The maximum atomic E-state index is 11.7. The number of esters is 2. The van der Waals surface area contributed by atoms with E-state index in [1.807, 2.05) is 26.0 Å². The van der Waals surface area contributed by atoms with E-state index < -0.39 is 5.97 Å². The van der Waals surface area contributed by atoms with Gasteiger partial charge in [0.25, 0.3) is 0 Å². The lowest BCUT2D eigenvalue weighted by Crippen LogP contribution is -2.13. The molecular formula is C17H24O4. The van der Waals surface area contributed by atoms with E-state index in [0.717, 1.165) is 30.4 Å². The molecule has 0 aliphatic heterocycles. The van der Waals surface area contributed by atoms with Crippen LogP contribution in [0, 0.1) is 13.8 Å². The Morgan fingerprint density at radius 3 is 2.38 bits per heavy atom. The molecule has 0 radical (unpaired) electrons. The van der Waals surface area contributed by atoms with Crippen molar-refractivity contribution in [2.45, 2.75) is 52.9 Å². The molecule has 21 heavy (non-hydrogen) atoms. The molecule has 0 aromatic heterocycles. The number of carbonyl (C=O) groups excluding carboxylic acids is 2. The van der Waals surface area contributed by atoms with Crippen molar-refractivity contribution in [3.05, 3.63) is 29.3 Å². The van der Waals surface area contributed by atoms with Gasteiger partial charge in [0.1, 0.15) is 5.75 Å². The molecular weight excluding hydrogens is 268 g/mol. The molecule has 0 N–H and O–H groups in total. The van der Waals surface area contributed by atoms with Gasteiger partial charge in [0.05, 0.1) is 19.4 Å². The van der Waals surface area contributed by atoms with Crippen molar-refractivity contribution in [3.63, 3.8) is 0 Å². The molecule has 1 rings (SSSR count). The Bertz CT molecular complexity index is 480. The average molecular weight is 292 g/mol. The number of benzene rings is 1. The first-order chi connectivity index (χ1) is 10.0. The first kappa shape index (κ1) is 17.2. The molecule has 1 aromatic carbocycles. The highest BCUT2D eigenvalue weighted by atomic mass is 16.5. The van der Waals surface area contributed by atoms with Gasteiger partial charge in [-0.05, 0) is 43.5 Å². The fraction of sp³-hybridized carbons (Fsp3) is 0.529. The van der Waals surface area contributed by atoms with Crippen molar-refractivity contribution >= 4 is 11.9 Å². The SMILES string of the molecule is CCCCCOC(=O)CCC(=O)Oc1ccc(C)c(C)c1. The lowest BCUT2D eigenvalue weighted by molar-refractivity contribution is -0.147. The minimum absolute atomic E-state index is 0.0412. The van der Waals surface area contributed by atoms with Gasteiger partial charge < -0.3 is 9.47 Å². The zero-order valence-corrected chi connectivity index (χ0v) is 13.1. The normalized spacial score (nSPS) is 10.2. The molecule has 0 fully saturated rings. The number of hydrogen-bond acceptors (Lipinski definition) is 4. The molecule has 1 aromatic rings. The summed E-state index contributed by atoms with van der Waals surface area (Å²) in [5, 5.41) is 0. The van der Waals surface area contributed by atoms with Gasteiger partial charge in [-0.15, -0.1) is 0 Å². The highest BCUT2D eigenvalue weighted by Crippen LogP contribution is 2.17. The smallest absolute Gasteiger partial charge is 0.311 e. The second kappa shape index (κ2) is 9.16. The summed E-state index contributed by atoms with van der Waals surface area (Å²) in [5.41, 5.74) is 2.21. The molecule has 0 bridgehead atoms. The van der Waals surface area contributed by atoms with Gasteiger partial charge in [-0.2, -0.15) is 0 Å². The lowest BCUT2D eigenvalue weighted by atomic mass is 10.1. The molecule has 0 spiro atoms. The maximum absolute atomic E-state index is 11.7. The Labute approximate surface area is 126 Å². The molecule has 0 aliphatic carbocycles. The molecule has 0 aliphatic rings. The van der Waals surface area contributed by atoms with E-state index in [9.17, 15) is 9.59 Å². The second-order valence-electron chi connectivity index (χ2n) is 5.15. The highest BCUT2D eigenvalue weighted by Gasteiger charge is 2.10. The topological polar surface area (TPSA) is 52.6 Å². The summed E-state index contributed by atoms with van der Waals surface area (Å²) in [4.78, 5) is 23.1. The van der Waals surface area contributed by atoms with E-state index in [2.05, 4.69) is 6.92 Å². The highest BCUT2D eigenvalue weighted by molar-refractivity contribution is 5.79. The fourth-order valence-corrected chi connectivity index (χ4v) is 1.77. The van der Waals surface area contributed by atoms with Crippen LogP contribution in [0.5, 0.6) is 5.75 Å². The maximum Gasteiger partial charge on any atom is 0.311 e. The average Bonchev–Trinajstić information content (AvgIpc) is 2.45. The number of rotatable bonds is 8. The quantitative estimate of drug-likeness (QED) is 0.416. The first-order valence-electron chi connectivity index (χ1n) is 7.46. The molecule has 4 nitrogen and oxygen atoms in total. The summed E-state index contributed by atoms with van der Waals surface area (Å²) in [6.45, 7) is 6.47. The summed E-state index contributed by atoms with van der Waals surface area (Å²) in [7, 11) is 0. The third-order valence-corrected chi connectivity index (χ3v) is 3.25. The minimum Gasteiger partial charge on any atom is -0.466 e. The Balaban J connectivity index is 2.27. The monoisotopic (exact) mass is 292 g/mol. The molecule has 4 heteroatoms. The molecule has 0 unspecified atom stereocenters. The summed E-state index contributed by atoms with van der Waals surface area (Å²) in [5.74, 6) is -0.244. The number of unbranched alkanes of at least 4 members (excludes halogenated alkanes) is 2. The zero-order chi connectivity index (χ0) is 15.7. The third-order valence-electron chi connectivity index (χ3n) is 3.25. The predicted octanol–water partition coefficient (Wildman–Crippen LogP) is 3.72. The van der Waals surface area contributed by atoms with Crippen LogP contribution in [-0.2, 0) is 14.3 Å². The van der Waals surface area contributed by atoms with Crippen LogP contribution >= 0.6 is 0 Å². The van der Waals surface area contributed by atoms with Crippen molar-refractivity contribution in [3.8, 4) is 5.75 Å². The Morgan fingerprint density at radius 2 is 1.71 bits per heavy atom. The minimum atomic E-state index is -0.413. The number of carbonyl (C=O) groups is 2. The van der Waals surface area contributed by atoms with E-state index >= 15 is 0 Å². The molecule has 0 heterocycles. The van der Waals surface area contributed by atoms with Gasteiger partial charge in [0.15, 0.2) is 0 Å². The van der Waals surface area contributed by atoms with Gasteiger partial charge in [-0.1, -0.05) is 25.8 Å². The number of aryl methyl sites for hydroxylation is 2. The van der Waals surface area contributed by atoms with Gasteiger partial charge in [-0.25, -0.2) is 0 Å². The molecule has 116 valence electrons. The van der Waals surface area contributed by atoms with Crippen molar-refractivity contribution in [1.29, 1.82) is 0 Å². The molecule has 0 amide bonds. The van der Waals surface area contributed by atoms with Crippen molar-refractivity contribution < 1.29 is 19.1 Å². The van der Waals surface area contributed by atoms with Gasteiger partial charge >= 0.3 is 11.9 Å². The lowest BCUT2D eigenvalue weighted by Gasteiger charge is -2.07. The third kappa shape index (κ3) is 6.93. The summed E-state index contributed by atoms with van der Waals surface area (Å²) < 4.78 is 10.2. The molecule has 0 saturated heterocycles. The van der Waals surface area contributed by atoms with Crippen molar-refractivity contribution in [1.82, 2.24) is 0 Å². The van der Waals surface area contributed by atoms with Crippen LogP contribution in [-0.4, -0.2) is 18.5 Å². The van der Waals surface area contributed by atoms with Crippen LogP contribution in [0.2, 0.25) is 0 Å². The van der Waals surface area contributed by atoms with Crippen LogP contribution in [0.3, 0.4) is 0 Å². The van der Waals surface area contributed by atoms with Crippen LogP contribution in [0.1, 0.15) is 50.2 Å². The summed E-state index contributed by atoms with van der Waals surface area (Å²) in [6, 6.07) is 5.47. The number of hydrogen-bond donors (Lipinski definition) is 0.